The van der Waals surface area contributed by atoms with Crippen LogP contribution in [0.1, 0.15) is 60.3 Å². The molecule has 1 saturated heterocycles. The van der Waals surface area contributed by atoms with Crippen molar-refractivity contribution in [2.45, 2.75) is 60.3 Å². The molecule has 1 fully saturated rings. The number of piperidine rings is 1. The topological polar surface area (TPSA) is 15.3 Å². The molecule has 0 aromatic heterocycles. The van der Waals surface area contributed by atoms with E-state index < -0.39 is 0 Å². The predicted octanol–water partition coefficient (Wildman–Crippen LogP) is 4.28. The zero-order valence-electron chi connectivity index (χ0n) is 14.7. The molecule has 0 bridgehead atoms. The van der Waals surface area contributed by atoms with Crippen LogP contribution in [0.3, 0.4) is 0 Å². The summed E-state index contributed by atoms with van der Waals surface area (Å²) in [6, 6.07) is 0. The van der Waals surface area contributed by atoms with E-state index in [0.29, 0.717) is 5.41 Å². The van der Waals surface area contributed by atoms with Gasteiger partial charge >= 0.3 is 0 Å². The van der Waals surface area contributed by atoms with Crippen LogP contribution in [-0.4, -0.2) is 31.6 Å². The maximum atomic E-state index is 4.48. The molecule has 0 aliphatic carbocycles. The molecule has 1 rings (SSSR count). The molecule has 0 unspecified atom stereocenters. The van der Waals surface area contributed by atoms with Crippen molar-refractivity contribution in [1.82, 2.24) is 10.2 Å². The second kappa shape index (κ2) is 6.98. The van der Waals surface area contributed by atoms with Gasteiger partial charge in [0.25, 0.3) is 0 Å². The Balaban J connectivity index is 2.66. The fourth-order valence-electron chi connectivity index (χ4n) is 3.42. The van der Waals surface area contributed by atoms with Gasteiger partial charge in [0.05, 0.1) is 0 Å². The van der Waals surface area contributed by atoms with Crippen molar-refractivity contribution in [3.8, 4) is 0 Å². The predicted molar refractivity (Wildman–Crippen MR) is 89.8 cm³/mol. The summed E-state index contributed by atoms with van der Waals surface area (Å²) in [6.45, 7) is 19.8. The van der Waals surface area contributed by atoms with Gasteiger partial charge in [0, 0.05) is 24.2 Å². The smallest absolute Gasteiger partial charge is 0.0178 e. The summed E-state index contributed by atoms with van der Waals surface area (Å²) in [5.74, 6) is 0.843. The molecule has 2 nitrogen and oxygen atoms in total. The van der Waals surface area contributed by atoms with Crippen molar-refractivity contribution in [2.75, 3.05) is 26.7 Å². The van der Waals surface area contributed by atoms with E-state index in [1.807, 2.05) is 0 Å². The SMILES string of the molecule is C=C(N1CCC(CNC)CC1)C(C)(C)C(C)(C)CCC. The lowest BCUT2D eigenvalue weighted by Gasteiger charge is -2.48. The molecular weight excluding hydrogens is 244 g/mol. The summed E-state index contributed by atoms with van der Waals surface area (Å²) in [5, 5.41) is 3.31. The molecule has 1 heterocycles. The van der Waals surface area contributed by atoms with Gasteiger partial charge in [-0.05, 0) is 44.2 Å². The Bertz CT molecular complexity index is 309. The first-order valence-corrected chi connectivity index (χ1v) is 8.35. The fraction of sp³-hybridized carbons (Fsp3) is 0.889. The Hall–Kier alpha value is -0.500. The average molecular weight is 280 g/mol. The maximum Gasteiger partial charge on any atom is 0.0178 e. The third kappa shape index (κ3) is 3.78. The number of likely N-dealkylation sites (tertiary alicyclic amines) is 1. The van der Waals surface area contributed by atoms with Crippen LogP contribution in [0.2, 0.25) is 0 Å². The molecule has 0 spiro atoms. The summed E-state index contributed by atoms with van der Waals surface area (Å²) in [4.78, 5) is 2.55. The highest BCUT2D eigenvalue weighted by atomic mass is 15.2. The highest BCUT2D eigenvalue weighted by Gasteiger charge is 2.40. The quantitative estimate of drug-likeness (QED) is 0.748. The van der Waals surface area contributed by atoms with E-state index in [0.717, 1.165) is 12.5 Å². The Morgan fingerprint density at radius 3 is 2.20 bits per heavy atom. The lowest BCUT2D eigenvalue weighted by Crippen LogP contribution is -2.44. The molecule has 20 heavy (non-hydrogen) atoms. The minimum atomic E-state index is 0.166. The third-order valence-corrected chi connectivity index (χ3v) is 5.78. The van der Waals surface area contributed by atoms with Crippen LogP contribution in [0.25, 0.3) is 0 Å². The molecule has 1 aliphatic heterocycles. The second-order valence-electron chi connectivity index (χ2n) is 7.69. The van der Waals surface area contributed by atoms with E-state index >= 15 is 0 Å². The van der Waals surface area contributed by atoms with Crippen molar-refractivity contribution in [1.29, 1.82) is 0 Å². The average Bonchev–Trinajstić information content (AvgIpc) is 2.39. The van der Waals surface area contributed by atoms with Crippen LogP contribution < -0.4 is 5.32 Å². The molecule has 0 radical (unpaired) electrons. The van der Waals surface area contributed by atoms with Crippen molar-refractivity contribution >= 4 is 0 Å². The Morgan fingerprint density at radius 2 is 1.75 bits per heavy atom. The lowest BCUT2D eigenvalue weighted by atomic mass is 9.63. The molecule has 1 N–H and O–H groups in total. The molecular formula is C18H36N2. The number of nitrogens with zero attached hydrogens (tertiary/aromatic N) is 1. The summed E-state index contributed by atoms with van der Waals surface area (Å²) < 4.78 is 0. The van der Waals surface area contributed by atoms with Crippen LogP contribution >= 0.6 is 0 Å². The molecule has 0 saturated carbocycles. The number of hydrogen-bond donors (Lipinski definition) is 1. The van der Waals surface area contributed by atoms with E-state index in [1.165, 1.54) is 44.5 Å². The van der Waals surface area contributed by atoms with Crippen LogP contribution in [0.15, 0.2) is 12.3 Å². The van der Waals surface area contributed by atoms with Crippen LogP contribution in [0.5, 0.6) is 0 Å². The minimum Gasteiger partial charge on any atom is -0.375 e. The first-order chi connectivity index (χ1) is 9.26. The van der Waals surface area contributed by atoms with Crippen molar-refractivity contribution in [3.05, 3.63) is 12.3 Å². The summed E-state index contributed by atoms with van der Waals surface area (Å²) in [5.41, 5.74) is 1.82. The Labute approximate surface area is 127 Å². The van der Waals surface area contributed by atoms with Gasteiger partial charge in [-0.15, -0.1) is 0 Å². The molecule has 118 valence electrons. The molecule has 0 aromatic carbocycles. The molecule has 2 heteroatoms. The van der Waals surface area contributed by atoms with E-state index in [1.54, 1.807) is 0 Å². The molecule has 0 aromatic rings. The number of nitrogens with one attached hydrogen (secondary N) is 1. The highest BCUT2D eigenvalue weighted by molar-refractivity contribution is 5.12. The van der Waals surface area contributed by atoms with Crippen molar-refractivity contribution in [2.24, 2.45) is 16.7 Å². The summed E-state index contributed by atoms with van der Waals surface area (Å²) in [6.07, 6.45) is 5.09. The first-order valence-electron chi connectivity index (χ1n) is 8.35. The molecule has 0 amide bonds. The van der Waals surface area contributed by atoms with Gasteiger partial charge in [-0.2, -0.15) is 0 Å². The van der Waals surface area contributed by atoms with Gasteiger partial charge < -0.3 is 10.2 Å². The zero-order valence-corrected chi connectivity index (χ0v) is 14.7. The largest absolute Gasteiger partial charge is 0.375 e. The number of allylic oxidation sites excluding steroid dienone is 1. The fourth-order valence-corrected chi connectivity index (χ4v) is 3.42. The number of rotatable bonds is 7. The van der Waals surface area contributed by atoms with Gasteiger partial charge in [-0.25, -0.2) is 0 Å². The lowest BCUT2D eigenvalue weighted by molar-refractivity contribution is 0.0842. The Kier molecular flexibility index (Phi) is 6.12. The molecule has 0 atom stereocenters. The van der Waals surface area contributed by atoms with Gasteiger partial charge in [0.1, 0.15) is 0 Å². The van der Waals surface area contributed by atoms with Gasteiger partial charge in [-0.1, -0.05) is 47.6 Å². The minimum absolute atomic E-state index is 0.166. The van der Waals surface area contributed by atoms with Crippen LogP contribution in [-0.2, 0) is 0 Å². The van der Waals surface area contributed by atoms with Gasteiger partial charge in [-0.3, -0.25) is 0 Å². The van der Waals surface area contributed by atoms with E-state index in [2.05, 4.69) is 58.5 Å². The number of hydrogen-bond acceptors (Lipinski definition) is 2. The van der Waals surface area contributed by atoms with Crippen molar-refractivity contribution < 1.29 is 0 Å². The highest BCUT2D eigenvalue weighted by Crippen LogP contribution is 2.48. The normalized spacial score (nSPS) is 18.4. The third-order valence-electron chi connectivity index (χ3n) is 5.78. The second-order valence-corrected chi connectivity index (χ2v) is 7.69. The van der Waals surface area contributed by atoms with Crippen LogP contribution in [0.4, 0.5) is 0 Å². The molecule has 1 aliphatic rings. The van der Waals surface area contributed by atoms with Crippen molar-refractivity contribution in [3.63, 3.8) is 0 Å². The maximum absolute atomic E-state index is 4.48. The Morgan fingerprint density at radius 1 is 1.20 bits per heavy atom. The van der Waals surface area contributed by atoms with E-state index in [4.69, 9.17) is 0 Å². The summed E-state index contributed by atoms with van der Waals surface area (Å²) >= 11 is 0. The van der Waals surface area contributed by atoms with Gasteiger partial charge in [0.15, 0.2) is 0 Å². The van der Waals surface area contributed by atoms with E-state index in [9.17, 15) is 0 Å². The first kappa shape index (κ1) is 17.6. The monoisotopic (exact) mass is 280 g/mol. The standard InChI is InChI=1S/C18H36N2/c1-8-11-17(3,4)18(5,6)15(2)20-12-9-16(10-13-20)14-19-7/h16,19H,2,8-14H2,1,3-7H3. The van der Waals surface area contributed by atoms with E-state index in [-0.39, 0.29) is 5.41 Å². The summed E-state index contributed by atoms with van der Waals surface area (Å²) in [7, 11) is 2.06. The van der Waals surface area contributed by atoms with Crippen LogP contribution in [0, 0.1) is 16.7 Å². The van der Waals surface area contributed by atoms with Gasteiger partial charge in [0.2, 0.25) is 0 Å². The zero-order chi connectivity index (χ0) is 15.4.